The van der Waals surface area contributed by atoms with Gasteiger partial charge in [0.2, 0.25) is 5.16 Å². The smallest absolute Gasteiger partial charge is 0.274 e. The lowest BCUT2D eigenvalue weighted by Crippen LogP contribution is -2.19. The summed E-state index contributed by atoms with van der Waals surface area (Å²) in [6.45, 7) is 3.52. The van der Waals surface area contributed by atoms with Gasteiger partial charge in [-0.05, 0) is 19.4 Å². The van der Waals surface area contributed by atoms with E-state index in [1.807, 2.05) is 31.2 Å². The molecule has 0 radical (unpaired) electrons. The van der Waals surface area contributed by atoms with Crippen LogP contribution >= 0.6 is 11.8 Å². The summed E-state index contributed by atoms with van der Waals surface area (Å²) in [5.74, 6) is 0.597. The number of fused-ring (bicyclic) bond motifs is 1. The number of carbonyl (C=O) groups excluding carboxylic acids is 1. The number of thioether (sulfide) groups is 1. The van der Waals surface area contributed by atoms with Gasteiger partial charge in [-0.1, -0.05) is 41.6 Å². The average molecular weight is 329 g/mol. The molecule has 7 nitrogen and oxygen atoms in total. The van der Waals surface area contributed by atoms with E-state index in [1.54, 1.807) is 0 Å². The zero-order valence-corrected chi connectivity index (χ0v) is 13.6. The summed E-state index contributed by atoms with van der Waals surface area (Å²) in [5.41, 5.74) is 2.26. The van der Waals surface area contributed by atoms with E-state index in [-0.39, 0.29) is 22.9 Å². The van der Waals surface area contributed by atoms with Gasteiger partial charge < -0.3 is 0 Å². The third-order valence-electron chi connectivity index (χ3n) is 3.22. The number of hydrogen-bond donors (Lipinski definition) is 1. The summed E-state index contributed by atoms with van der Waals surface area (Å²) in [6, 6.07) is 7.93. The lowest BCUT2D eigenvalue weighted by atomic mass is 10.1. The van der Waals surface area contributed by atoms with E-state index in [1.165, 1.54) is 23.2 Å². The van der Waals surface area contributed by atoms with Crippen LogP contribution in [0.5, 0.6) is 0 Å². The van der Waals surface area contributed by atoms with Crippen LogP contribution in [0.2, 0.25) is 0 Å². The monoisotopic (exact) mass is 329 g/mol. The van der Waals surface area contributed by atoms with E-state index in [0.29, 0.717) is 17.3 Å². The average Bonchev–Trinajstić information content (AvgIpc) is 2.89. The first-order valence-electron chi connectivity index (χ1n) is 7.05. The Labute approximate surface area is 136 Å². The van der Waals surface area contributed by atoms with Gasteiger partial charge >= 0.3 is 0 Å². The standard InChI is InChI=1S/C15H15N5O2S/c1-9-3-5-11(6-4-9)7-12-13(22)16-14-17-18-15(20(14)19-12)23-8-10(2)21/h3-6H,7-8H2,1-2H3,(H,16,17,22). The number of Topliss-reactive ketones (excluding diaryl/α,β-unsaturated/α-hetero) is 1. The second kappa shape index (κ2) is 6.33. The molecule has 23 heavy (non-hydrogen) atoms. The van der Waals surface area contributed by atoms with Crippen LogP contribution in [0.4, 0.5) is 0 Å². The summed E-state index contributed by atoms with van der Waals surface area (Å²) < 4.78 is 1.47. The van der Waals surface area contributed by atoms with E-state index in [2.05, 4.69) is 20.3 Å². The lowest BCUT2D eigenvalue weighted by molar-refractivity contribution is -0.114. The molecular weight excluding hydrogens is 314 g/mol. The van der Waals surface area contributed by atoms with Gasteiger partial charge in [0.25, 0.3) is 11.3 Å². The van der Waals surface area contributed by atoms with Crippen molar-refractivity contribution in [3.05, 3.63) is 51.4 Å². The number of benzene rings is 1. The molecule has 0 aliphatic rings. The number of H-pyrrole nitrogens is 1. The number of ketones is 1. The normalized spacial score (nSPS) is 11.0. The lowest BCUT2D eigenvalue weighted by Gasteiger charge is -2.03. The van der Waals surface area contributed by atoms with Crippen LogP contribution in [-0.4, -0.2) is 36.3 Å². The maximum Gasteiger partial charge on any atom is 0.274 e. The number of nitrogens with zero attached hydrogens (tertiary/aromatic N) is 4. The Balaban J connectivity index is 1.95. The predicted octanol–water partition coefficient (Wildman–Crippen LogP) is 1.39. The molecule has 0 saturated heterocycles. The van der Waals surface area contributed by atoms with Crippen LogP contribution in [0.1, 0.15) is 23.7 Å². The Morgan fingerprint density at radius 3 is 2.70 bits per heavy atom. The van der Waals surface area contributed by atoms with Gasteiger partial charge in [0.1, 0.15) is 11.5 Å². The fraction of sp³-hybridized carbons (Fsp3) is 0.267. The van der Waals surface area contributed by atoms with Crippen molar-refractivity contribution in [1.82, 2.24) is 24.8 Å². The summed E-state index contributed by atoms with van der Waals surface area (Å²) in [7, 11) is 0. The first kappa shape index (κ1) is 15.4. The Bertz CT molecular complexity index is 914. The van der Waals surface area contributed by atoms with Gasteiger partial charge in [-0.2, -0.15) is 9.61 Å². The van der Waals surface area contributed by atoms with Crippen LogP contribution in [0.25, 0.3) is 5.78 Å². The van der Waals surface area contributed by atoms with Crippen molar-refractivity contribution < 1.29 is 4.79 Å². The first-order chi connectivity index (χ1) is 11.0. The largest absolute Gasteiger partial charge is 0.299 e. The maximum atomic E-state index is 12.1. The summed E-state index contributed by atoms with van der Waals surface area (Å²) in [5, 5.41) is 12.7. The number of aromatic nitrogens is 5. The van der Waals surface area contributed by atoms with Gasteiger partial charge in [0.15, 0.2) is 0 Å². The van der Waals surface area contributed by atoms with Crippen molar-refractivity contribution in [3.8, 4) is 0 Å². The minimum absolute atomic E-state index is 0.0380. The topological polar surface area (TPSA) is 93.0 Å². The Morgan fingerprint density at radius 1 is 1.26 bits per heavy atom. The molecule has 0 amide bonds. The van der Waals surface area contributed by atoms with Crippen molar-refractivity contribution in [2.45, 2.75) is 25.4 Å². The molecule has 0 aliphatic heterocycles. The number of hydrogen-bond acceptors (Lipinski definition) is 6. The molecule has 0 aliphatic carbocycles. The fourth-order valence-electron chi connectivity index (χ4n) is 2.04. The second-order valence-corrected chi connectivity index (χ2v) is 6.21. The minimum atomic E-state index is -0.284. The molecular formula is C15H15N5O2S. The van der Waals surface area contributed by atoms with Crippen LogP contribution in [0, 0.1) is 6.92 Å². The Hall–Kier alpha value is -2.48. The quantitative estimate of drug-likeness (QED) is 0.711. The van der Waals surface area contributed by atoms with Gasteiger partial charge in [-0.25, -0.2) is 0 Å². The molecule has 0 fully saturated rings. The first-order valence-corrected chi connectivity index (χ1v) is 8.04. The highest BCUT2D eigenvalue weighted by molar-refractivity contribution is 7.99. The Morgan fingerprint density at radius 2 is 2.00 bits per heavy atom. The minimum Gasteiger partial charge on any atom is -0.299 e. The van der Waals surface area contributed by atoms with E-state index in [9.17, 15) is 9.59 Å². The molecule has 0 unspecified atom stereocenters. The SMILES string of the molecule is CC(=O)CSc1nnc2[nH]c(=O)c(Cc3ccc(C)cc3)nn12. The molecule has 0 atom stereocenters. The van der Waals surface area contributed by atoms with E-state index in [0.717, 1.165) is 11.1 Å². The zero-order chi connectivity index (χ0) is 16.4. The van der Waals surface area contributed by atoms with Crippen molar-refractivity contribution in [1.29, 1.82) is 0 Å². The maximum absolute atomic E-state index is 12.1. The molecule has 0 spiro atoms. The van der Waals surface area contributed by atoms with Gasteiger partial charge in [0.05, 0.1) is 5.75 Å². The molecule has 3 aromatic rings. The molecule has 0 bridgehead atoms. The van der Waals surface area contributed by atoms with Crippen LogP contribution in [-0.2, 0) is 11.2 Å². The third-order valence-corrected chi connectivity index (χ3v) is 4.28. The van der Waals surface area contributed by atoms with E-state index >= 15 is 0 Å². The number of nitrogens with one attached hydrogen (secondary N) is 1. The Kier molecular flexibility index (Phi) is 4.24. The van der Waals surface area contributed by atoms with Crippen LogP contribution < -0.4 is 5.56 Å². The summed E-state index contributed by atoms with van der Waals surface area (Å²) in [6.07, 6.45) is 0.417. The number of rotatable bonds is 5. The molecule has 2 heterocycles. The number of aryl methyl sites for hydroxylation is 1. The molecule has 1 aromatic carbocycles. The number of aromatic amines is 1. The highest BCUT2D eigenvalue weighted by atomic mass is 32.2. The highest BCUT2D eigenvalue weighted by Crippen LogP contribution is 2.15. The van der Waals surface area contributed by atoms with E-state index in [4.69, 9.17) is 0 Å². The van der Waals surface area contributed by atoms with Crippen molar-refractivity contribution in [2.75, 3.05) is 5.75 Å². The van der Waals surface area contributed by atoms with Crippen molar-refractivity contribution in [2.24, 2.45) is 0 Å². The summed E-state index contributed by atoms with van der Waals surface area (Å²) >= 11 is 1.24. The molecule has 2 aromatic heterocycles. The predicted molar refractivity (Wildman–Crippen MR) is 86.8 cm³/mol. The van der Waals surface area contributed by atoms with Gasteiger partial charge in [0, 0.05) is 6.42 Å². The van der Waals surface area contributed by atoms with Gasteiger partial charge in [-0.15, -0.1) is 10.2 Å². The molecule has 0 saturated carbocycles. The van der Waals surface area contributed by atoms with Crippen molar-refractivity contribution >= 4 is 23.3 Å². The van der Waals surface area contributed by atoms with Crippen molar-refractivity contribution in [3.63, 3.8) is 0 Å². The fourth-order valence-corrected chi connectivity index (χ4v) is 2.72. The van der Waals surface area contributed by atoms with Crippen LogP contribution in [0.3, 0.4) is 0 Å². The highest BCUT2D eigenvalue weighted by Gasteiger charge is 2.12. The molecule has 1 N–H and O–H groups in total. The third kappa shape index (κ3) is 3.48. The second-order valence-electron chi connectivity index (χ2n) is 5.27. The summed E-state index contributed by atoms with van der Waals surface area (Å²) in [4.78, 5) is 25.9. The van der Waals surface area contributed by atoms with Gasteiger partial charge in [-0.3, -0.25) is 14.6 Å². The zero-order valence-electron chi connectivity index (χ0n) is 12.7. The molecule has 8 heteroatoms. The molecule has 118 valence electrons. The number of carbonyl (C=O) groups is 1. The molecule has 3 rings (SSSR count). The van der Waals surface area contributed by atoms with E-state index < -0.39 is 0 Å². The van der Waals surface area contributed by atoms with Crippen LogP contribution in [0.15, 0.2) is 34.2 Å².